The molecule has 1 aromatic heterocycles. The standard InChI is InChI=1S/C16H22N4/c1-19-9-7-13(8-10-19)11-20(2)16-14-5-3-4-6-15(14)17-12-18-16/h3-6,12-13H,7-11H2,1-2H3. The Labute approximate surface area is 120 Å². The van der Waals surface area contributed by atoms with Crippen LogP contribution >= 0.6 is 0 Å². The minimum absolute atomic E-state index is 0.768. The third kappa shape index (κ3) is 2.75. The quantitative estimate of drug-likeness (QED) is 0.857. The van der Waals surface area contributed by atoms with Crippen LogP contribution in [-0.2, 0) is 0 Å². The predicted molar refractivity (Wildman–Crippen MR) is 83.0 cm³/mol. The summed E-state index contributed by atoms with van der Waals surface area (Å²) in [4.78, 5) is 13.5. The van der Waals surface area contributed by atoms with Crippen LogP contribution in [-0.4, -0.2) is 48.6 Å². The molecule has 0 amide bonds. The van der Waals surface area contributed by atoms with E-state index in [0.717, 1.165) is 29.2 Å². The monoisotopic (exact) mass is 270 g/mol. The van der Waals surface area contributed by atoms with Crippen molar-refractivity contribution < 1.29 is 0 Å². The Bertz CT molecular complexity index is 570. The second kappa shape index (κ2) is 5.75. The minimum Gasteiger partial charge on any atom is -0.359 e. The van der Waals surface area contributed by atoms with Gasteiger partial charge in [0.15, 0.2) is 0 Å². The molecule has 1 saturated heterocycles. The second-order valence-electron chi connectivity index (χ2n) is 5.84. The van der Waals surface area contributed by atoms with Gasteiger partial charge >= 0.3 is 0 Å². The number of aromatic nitrogens is 2. The summed E-state index contributed by atoms with van der Waals surface area (Å²) >= 11 is 0. The summed E-state index contributed by atoms with van der Waals surface area (Å²) in [6.07, 6.45) is 4.23. The van der Waals surface area contributed by atoms with Gasteiger partial charge in [-0.15, -0.1) is 0 Å². The summed E-state index contributed by atoms with van der Waals surface area (Å²) in [6, 6.07) is 8.23. The van der Waals surface area contributed by atoms with Crippen molar-refractivity contribution in [1.29, 1.82) is 0 Å². The number of para-hydroxylation sites is 1. The first kappa shape index (κ1) is 13.3. The van der Waals surface area contributed by atoms with Gasteiger partial charge in [-0.1, -0.05) is 12.1 Å². The molecule has 1 aromatic carbocycles. The maximum atomic E-state index is 4.49. The molecule has 1 fully saturated rings. The van der Waals surface area contributed by atoms with Gasteiger partial charge in [0, 0.05) is 19.0 Å². The molecule has 3 rings (SSSR count). The topological polar surface area (TPSA) is 32.3 Å². The maximum Gasteiger partial charge on any atom is 0.139 e. The van der Waals surface area contributed by atoms with Crippen molar-refractivity contribution >= 4 is 16.7 Å². The summed E-state index contributed by atoms with van der Waals surface area (Å²) in [5.74, 6) is 1.82. The zero-order valence-electron chi connectivity index (χ0n) is 12.3. The van der Waals surface area contributed by atoms with E-state index >= 15 is 0 Å². The Morgan fingerprint density at radius 2 is 1.95 bits per heavy atom. The van der Waals surface area contributed by atoms with Crippen LogP contribution < -0.4 is 4.90 Å². The Kier molecular flexibility index (Phi) is 3.83. The molecule has 0 radical (unpaired) electrons. The molecule has 0 spiro atoms. The first-order valence-corrected chi connectivity index (χ1v) is 7.33. The number of hydrogen-bond acceptors (Lipinski definition) is 4. The van der Waals surface area contributed by atoms with Gasteiger partial charge in [0.1, 0.15) is 12.1 Å². The van der Waals surface area contributed by atoms with E-state index in [0.29, 0.717) is 0 Å². The summed E-state index contributed by atoms with van der Waals surface area (Å²) in [5, 5.41) is 1.14. The van der Waals surface area contributed by atoms with Gasteiger partial charge in [-0.2, -0.15) is 0 Å². The Morgan fingerprint density at radius 1 is 1.20 bits per heavy atom. The van der Waals surface area contributed by atoms with Crippen molar-refractivity contribution in [3.63, 3.8) is 0 Å². The van der Waals surface area contributed by atoms with Crippen LogP contribution in [0.5, 0.6) is 0 Å². The molecular weight excluding hydrogens is 248 g/mol. The number of rotatable bonds is 3. The van der Waals surface area contributed by atoms with Gasteiger partial charge in [0.25, 0.3) is 0 Å². The van der Waals surface area contributed by atoms with Crippen LogP contribution in [0.25, 0.3) is 10.9 Å². The Morgan fingerprint density at radius 3 is 2.75 bits per heavy atom. The first-order valence-electron chi connectivity index (χ1n) is 7.33. The third-order valence-electron chi connectivity index (χ3n) is 4.25. The van der Waals surface area contributed by atoms with Crippen molar-refractivity contribution in [3.8, 4) is 0 Å². The minimum atomic E-state index is 0.768. The van der Waals surface area contributed by atoms with Crippen molar-refractivity contribution in [2.45, 2.75) is 12.8 Å². The highest BCUT2D eigenvalue weighted by Crippen LogP contribution is 2.24. The highest BCUT2D eigenvalue weighted by Gasteiger charge is 2.19. The van der Waals surface area contributed by atoms with E-state index in [1.807, 2.05) is 12.1 Å². The Balaban J connectivity index is 1.77. The molecule has 0 saturated carbocycles. The number of likely N-dealkylation sites (tertiary alicyclic amines) is 1. The number of nitrogens with zero attached hydrogens (tertiary/aromatic N) is 4. The molecule has 0 bridgehead atoms. The molecule has 0 unspecified atom stereocenters. The number of anilines is 1. The summed E-state index contributed by atoms with van der Waals surface area (Å²) in [7, 11) is 4.35. The number of fused-ring (bicyclic) bond motifs is 1. The van der Waals surface area contributed by atoms with E-state index in [9.17, 15) is 0 Å². The fourth-order valence-corrected chi connectivity index (χ4v) is 3.01. The maximum absolute atomic E-state index is 4.49. The van der Waals surface area contributed by atoms with Crippen LogP contribution in [0.1, 0.15) is 12.8 Å². The van der Waals surface area contributed by atoms with E-state index in [-0.39, 0.29) is 0 Å². The lowest BCUT2D eigenvalue weighted by molar-refractivity contribution is 0.222. The van der Waals surface area contributed by atoms with Gasteiger partial charge in [0.2, 0.25) is 0 Å². The summed E-state index contributed by atoms with van der Waals surface area (Å²) in [6.45, 7) is 3.50. The van der Waals surface area contributed by atoms with Crippen molar-refractivity contribution in [1.82, 2.24) is 14.9 Å². The van der Waals surface area contributed by atoms with Crippen LogP contribution in [0.2, 0.25) is 0 Å². The molecule has 4 heteroatoms. The predicted octanol–water partition coefficient (Wildman–Crippen LogP) is 2.41. The number of piperidine rings is 1. The van der Waals surface area contributed by atoms with Crippen molar-refractivity contribution in [2.75, 3.05) is 38.6 Å². The van der Waals surface area contributed by atoms with Crippen molar-refractivity contribution in [2.24, 2.45) is 5.92 Å². The smallest absolute Gasteiger partial charge is 0.139 e. The van der Waals surface area contributed by atoms with Gasteiger partial charge < -0.3 is 9.80 Å². The van der Waals surface area contributed by atoms with E-state index in [1.54, 1.807) is 6.33 Å². The SMILES string of the molecule is CN1CCC(CN(C)c2ncnc3ccccc23)CC1. The summed E-state index contributed by atoms with van der Waals surface area (Å²) < 4.78 is 0. The van der Waals surface area contributed by atoms with Crippen LogP contribution in [0.3, 0.4) is 0 Å². The van der Waals surface area contributed by atoms with Gasteiger partial charge in [0.05, 0.1) is 5.52 Å². The lowest BCUT2D eigenvalue weighted by atomic mass is 9.96. The molecule has 0 aliphatic carbocycles. The van der Waals surface area contributed by atoms with E-state index in [2.05, 4.69) is 46.0 Å². The second-order valence-corrected chi connectivity index (χ2v) is 5.84. The number of benzene rings is 1. The fourth-order valence-electron chi connectivity index (χ4n) is 3.01. The highest BCUT2D eigenvalue weighted by atomic mass is 15.2. The molecule has 2 aromatic rings. The van der Waals surface area contributed by atoms with E-state index < -0.39 is 0 Å². The molecule has 106 valence electrons. The van der Waals surface area contributed by atoms with Crippen LogP contribution in [0.4, 0.5) is 5.82 Å². The fraction of sp³-hybridized carbons (Fsp3) is 0.500. The van der Waals surface area contributed by atoms with Crippen LogP contribution in [0, 0.1) is 5.92 Å². The zero-order valence-corrected chi connectivity index (χ0v) is 12.3. The molecule has 20 heavy (non-hydrogen) atoms. The van der Waals surface area contributed by atoms with Gasteiger partial charge in [-0.3, -0.25) is 0 Å². The number of hydrogen-bond donors (Lipinski definition) is 0. The molecule has 0 atom stereocenters. The molecule has 0 N–H and O–H groups in total. The first-order chi connectivity index (χ1) is 9.74. The van der Waals surface area contributed by atoms with Crippen LogP contribution in [0.15, 0.2) is 30.6 Å². The molecule has 1 aliphatic heterocycles. The summed E-state index contributed by atoms with van der Waals surface area (Å²) in [5.41, 5.74) is 1.02. The lowest BCUT2D eigenvalue weighted by Gasteiger charge is -2.32. The normalized spacial score (nSPS) is 17.5. The van der Waals surface area contributed by atoms with Gasteiger partial charge in [-0.05, 0) is 51.0 Å². The lowest BCUT2D eigenvalue weighted by Crippen LogP contribution is -2.36. The molecule has 4 nitrogen and oxygen atoms in total. The molecule has 1 aliphatic rings. The van der Waals surface area contributed by atoms with Gasteiger partial charge in [-0.25, -0.2) is 9.97 Å². The van der Waals surface area contributed by atoms with E-state index in [1.165, 1.54) is 25.9 Å². The largest absolute Gasteiger partial charge is 0.359 e. The average Bonchev–Trinajstić information content (AvgIpc) is 2.49. The molecule has 2 heterocycles. The average molecular weight is 270 g/mol. The highest BCUT2D eigenvalue weighted by molar-refractivity contribution is 5.89. The van der Waals surface area contributed by atoms with Crippen molar-refractivity contribution in [3.05, 3.63) is 30.6 Å². The third-order valence-corrected chi connectivity index (χ3v) is 4.25. The Hall–Kier alpha value is -1.68. The zero-order chi connectivity index (χ0) is 13.9. The van der Waals surface area contributed by atoms with E-state index in [4.69, 9.17) is 0 Å². The molecular formula is C16H22N4.